The molecule has 1 heterocycles. The number of ether oxygens (including phenoxy) is 2. The zero-order valence-corrected chi connectivity index (χ0v) is 28.6. The second-order valence-electron chi connectivity index (χ2n) is 12.8. The van der Waals surface area contributed by atoms with Crippen molar-refractivity contribution in [1.29, 1.82) is 0 Å². The zero-order chi connectivity index (χ0) is 30.4. The van der Waals surface area contributed by atoms with E-state index in [4.69, 9.17) is 9.47 Å². The fourth-order valence-electron chi connectivity index (χ4n) is 5.54. The number of nitrogens with zero attached hydrogens (tertiary/aromatic N) is 1. The average Bonchev–Trinajstić information content (AvgIpc) is 3.39. The van der Waals surface area contributed by atoms with E-state index in [-0.39, 0.29) is 11.9 Å². The Hall–Kier alpha value is -1.16. The van der Waals surface area contributed by atoms with Crippen LogP contribution >= 0.6 is 0 Å². The fourth-order valence-corrected chi connectivity index (χ4v) is 5.54. The van der Waals surface area contributed by atoms with Gasteiger partial charge in [-0.25, -0.2) is 0 Å². The molecular formula is C39H71NO2. The Labute approximate surface area is 263 Å². The first kappa shape index (κ1) is 38.9. The fraction of sp³-hybridized carbons (Fsp3) is 0.795. The lowest BCUT2D eigenvalue weighted by Crippen LogP contribution is -2.31. The van der Waals surface area contributed by atoms with Gasteiger partial charge in [0.1, 0.15) is 0 Å². The van der Waals surface area contributed by atoms with E-state index in [0.717, 1.165) is 32.4 Å². The van der Waals surface area contributed by atoms with Crippen molar-refractivity contribution in [3.63, 3.8) is 0 Å². The van der Waals surface area contributed by atoms with Crippen LogP contribution in [-0.4, -0.2) is 44.0 Å². The van der Waals surface area contributed by atoms with Crippen molar-refractivity contribution in [2.45, 2.75) is 173 Å². The maximum absolute atomic E-state index is 6.64. The molecule has 1 aliphatic rings. The number of hydrogen-bond donors (Lipinski definition) is 0. The van der Waals surface area contributed by atoms with Crippen LogP contribution in [0.25, 0.3) is 0 Å². The summed E-state index contributed by atoms with van der Waals surface area (Å²) < 4.78 is 13.1. The Morgan fingerprint density at radius 1 is 0.548 bits per heavy atom. The molecule has 0 spiro atoms. The quantitative estimate of drug-likeness (QED) is 0.0643. The Kier molecular flexibility index (Phi) is 26.5. The highest BCUT2D eigenvalue weighted by Crippen LogP contribution is 2.35. The second-order valence-corrected chi connectivity index (χ2v) is 12.8. The van der Waals surface area contributed by atoms with E-state index in [1.54, 1.807) is 0 Å². The molecule has 0 aromatic rings. The van der Waals surface area contributed by atoms with Gasteiger partial charge in [0, 0.05) is 19.4 Å². The average molecular weight is 586 g/mol. The molecular weight excluding hydrogens is 514 g/mol. The standard InChI is InChI=1S/C39H71NO2/c1-5-7-9-11-13-15-17-19-21-23-25-27-29-31-34-39(41-37-38(42-39)33-36-40(3)4)35-32-30-28-26-24-22-20-18-16-14-12-10-8-6-2/h9-12,21-24,38H,5-8,13-20,25-37H2,1-4H3/b11-9-,12-10-,23-21-,24-22-. The van der Waals surface area contributed by atoms with Crippen molar-refractivity contribution in [2.75, 3.05) is 27.2 Å². The van der Waals surface area contributed by atoms with Crippen molar-refractivity contribution < 1.29 is 9.47 Å². The third kappa shape index (κ3) is 23.3. The molecule has 1 atom stereocenters. The predicted molar refractivity (Wildman–Crippen MR) is 186 cm³/mol. The van der Waals surface area contributed by atoms with Crippen molar-refractivity contribution >= 4 is 0 Å². The summed E-state index contributed by atoms with van der Waals surface area (Å²) in [5.74, 6) is -0.334. The van der Waals surface area contributed by atoms with Crippen LogP contribution < -0.4 is 0 Å². The molecule has 1 unspecified atom stereocenters. The molecule has 42 heavy (non-hydrogen) atoms. The molecule has 0 aromatic carbocycles. The van der Waals surface area contributed by atoms with E-state index >= 15 is 0 Å². The van der Waals surface area contributed by atoms with Crippen LogP contribution in [0.2, 0.25) is 0 Å². The minimum Gasteiger partial charge on any atom is -0.347 e. The molecule has 3 nitrogen and oxygen atoms in total. The Bertz CT molecular complexity index is 648. The lowest BCUT2D eigenvalue weighted by atomic mass is 9.99. The molecule has 1 fully saturated rings. The SMILES string of the molecule is CCC/C=C\CCCC/C=C\CCCCCC1(CCCCC/C=C\CCCC/C=C\CCC)OCC(CCN(C)C)O1. The molecule has 3 heteroatoms. The second kappa shape index (κ2) is 28.6. The van der Waals surface area contributed by atoms with Crippen LogP contribution in [0.4, 0.5) is 0 Å². The van der Waals surface area contributed by atoms with Crippen molar-refractivity contribution in [2.24, 2.45) is 0 Å². The number of hydrogen-bond acceptors (Lipinski definition) is 3. The van der Waals surface area contributed by atoms with Crippen LogP contribution in [0.15, 0.2) is 48.6 Å². The summed E-state index contributed by atoms with van der Waals surface area (Å²) in [4.78, 5) is 2.25. The largest absolute Gasteiger partial charge is 0.347 e. The Balaban J connectivity index is 2.22. The van der Waals surface area contributed by atoms with Gasteiger partial charge >= 0.3 is 0 Å². The van der Waals surface area contributed by atoms with Gasteiger partial charge in [0.15, 0.2) is 5.79 Å². The highest BCUT2D eigenvalue weighted by molar-refractivity contribution is 4.86. The molecule has 0 saturated carbocycles. The normalized spacial score (nSPS) is 17.4. The Morgan fingerprint density at radius 3 is 1.31 bits per heavy atom. The van der Waals surface area contributed by atoms with E-state index in [9.17, 15) is 0 Å². The number of allylic oxidation sites excluding steroid dienone is 8. The van der Waals surface area contributed by atoms with Gasteiger partial charge < -0.3 is 14.4 Å². The third-order valence-corrected chi connectivity index (χ3v) is 8.23. The van der Waals surface area contributed by atoms with Crippen molar-refractivity contribution in [3.05, 3.63) is 48.6 Å². The zero-order valence-electron chi connectivity index (χ0n) is 28.6. The van der Waals surface area contributed by atoms with Crippen LogP contribution in [-0.2, 0) is 9.47 Å². The van der Waals surface area contributed by atoms with Gasteiger partial charge in [0.05, 0.1) is 12.7 Å². The topological polar surface area (TPSA) is 21.7 Å². The van der Waals surface area contributed by atoms with Gasteiger partial charge in [-0.1, -0.05) is 88.1 Å². The molecule has 1 rings (SSSR count). The molecule has 0 N–H and O–H groups in total. The minimum absolute atomic E-state index is 0.252. The summed E-state index contributed by atoms with van der Waals surface area (Å²) in [6.45, 7) is 6.31. The van der Waals surface area contributed by atoms with Crippen LogP contribution in [0.5, 0.6) is 0 Å². The summed E-state index contributed by atoms with van der Waals surface area (Å²) >= 11 is 0. The van der Waals surface area contributed by atoms with Crippen LogP contribution in [0.3, 0.4) is 0 Å². The van der Waals surface area contributed by atoms with Gasteiger partial charge in [-0.05, 0) is 123 Å². The van der Waals surface area contributed by atoms with Gasteiger partial charge in [0.2, 0.25) is 0 Å². The van der Waals surface area contributed by atoms with E-state index in [0.29, 0.717) is 0 Å². The lowest BCUT2D eigenvalue weighted by Gasteiger charge is -2.28. The van der Waals surface area contributed by atoms with Gasteiger partial charge in [-0.15, -0.1) is 0 Å². The van der Waals surface area contributed by atoms with E-state index in [2.05, 4.69) is 81.5 Å². The molecule has 0 aliphatic carbocycles. The van der Waals surface area contributed by atoms with Gasteiger partial charge in [-0.3, -0.25) is 0 Å². The maximum atomic E-state index is 6.64. The highest BCUT2D eigenvalue weighted by atomic mass is 16.7. The lowest BCUT2D eigenvalue weighted by molar-refractivity contribution is -0.180. The van der Waals surface area contributed by atoms with E-state index in [1.165, 1.54) is 128 Å². The maximum Gasteiger partial charge on any atom is 0.168 e. The predicted octanol–water partition coefficient (Wildman–Crippen LogP) is 11.9. The molecule has 0 radical (unpaired) electrons. The first-order valence-electron chi connectivity index (χ1n) is 18.2. The molecule has 0 amide bonds. The summed E-state index contributed by atoms with van der Waals surface area (Å²) in [6, 6.07) is 0. The summed E-state index contributed by atoms with van der Waals surface area (Å²) in [6.07, 6.45) is 47.5. The summed E-state index contributed by atoms with van der Waals surface area (Å²) in [7, 11) is 4.29. The van der Waals surface area contributed by atoms with Crippen molar-refractivity contribution in [1.82, 2.24) is 4.90 Å². The summed E-state index contributed by atoms with van der Waals surface area (Å²) in [5, 5.41) is 0. The smallest absolute Gasteiger partial charge is 0.168 e. The first-order chi connectivity index (χ1) is 20.6. The van der Waals surface area contributed by atoms with Crippen LogP contribution in [0, 0.1) is 0 Å². The van der Waals surface area contributed by atoms with E-state index in [1.807, 2.05) is 0 Å². The molecule has 0 bridgehead atoms. The van der Waals surface area contributed by atoms with Crippen LogP contribution in [0.1, 0.15) is 162 Å². The van der Waals surface area contributed by atoms with E-state index < -0.39 is 0 Å². The molecule has 0 aromatic heterocycles. The monoisotopic (exact) mass is 586 g/mol. The van der Waals surface area contributed by atoms with Gasteiger partial charge in [-0.2, -0.15) is 0 Å². The molecule has 1 aliphatic heterocycles. The molecule has 244 valence electrons. The first-order valence-corrected chi connectivity index (χ1v) is 18.2. The van der Waals surface area contributed by atoms with Gasteiger partial charge in [0.25, 0.3) is 0 Å². The van der Waals surface area contributed by atoms with Crippen molar-refractivity contribution in [3.8, 4) is 0 Å². The highest BCUT2D eigenvalue weighted by Gasteiger charge is 2.40. The number of rotatable bonds is 29. The Morgan fingerprint density at radius 2 is 0.929 bits per heavy atom. The third-order valence-electron chi connectivity index (χ3n) is 8.23. The minimum atomic E-state index is -0.334. The summed E-state index contributed by atoms with van der Waals surface area (Å²) in [5.41, 5.74) is 0. The number of unbranched alkanes of at least 4 members (excludes halogenated alkanes) is 14. The molecule has 1 saturated heterocycles.